The Morgan fingerprint density at radius 1 is 1.23 bits per heavy atom. The zero-order valence-corrected chi connectivity index (χ0v) is 17.8. The van der Waals surface area contributed by atoms with E-state index < -0.39 is 24.1 Å². The molecule has 1 aliphatic carbocycles. The van der Waals surface area contributed by atoms with Gasteiger partial charge in [-0.05, 0) is 57.4 Å². The summed E-state index contributed by atoms with van der Waals surface area (Å²) in [4.78, 5) is 39.1. The first-order valence-electron chi connectivity index (χ1n) is 10.9. The second kappa shape index (κ2) is 10.1. The SMILES string of the molecule is CCOC(=O)[C@H](CCc1ccccc1)N[C@H](C)C(=O)N1[C@H](C(=O)O)C[C@H]2CCC[C@@H]21. The summed E-state index contributed by atoms with van der Waals surface area (Å²) in [5, 5.41) is 12.8. The van der Waals surface area contributed by atoms with Crippen molar-refractivity contribution >= 4 is 17.8 Å². The van der Waals surface area contributed by atoms with Crippen molar-refractivity contribution in [2.24, 2.45) is 5.92 Å². The fraction of sp³-hybridized carbons (Fsp3) is 0.609. The Balaban J connectivity index is 1.68. The highest BCUT2D eigenvalue weighted by molar-refractivity contribution is 5.88. The first kappa shape index (κ1) is 22.3. The molecule has 1 saturated carbocycles. The molecule has 1 amide bonds. The van der Waals surface area contributed by atoms with Crippen LogP contribution in [0.3, 0.4) is 0 Å². The summed E-state index contributed by atoms with van der Waals surface area (Å²) in [6, 6.07) is 7.76. The Morgan fingerprint density at radius 3 is 2.63 bits per heavy atom. The molecule has 5 atom stereocenters. The van der Waals surface area contributed by atoms with Gasteiger partial charge >= 0.3 is 11.9 Å². The van der Waals surface area contributed by atoms with Crippen LogP contribution in [0.25, 0.3) is 0 Å². The smallest absolute Gasteiger partial charge is 0.326 e. The molecule has 0 aromatic heterocycles. The predicted molar refractivity (Wildman–Crippen MR) is 112 cm³/mol. The fourth-order valence-corrected chi connectivity index (χ4v) is 4.89. The summed E-state index contributed by atoms with van der Waals surface area (Å²) in [5.74, 6) is -1.31. The van der Waals surface area contributed by atoms with Crippen molar-refractivity contribution in [1.82, 2.24) is 10.2 Å². The van der Waals surface area contributed by atoms with E-state index in [9.17, 15) is 19.5 Å². The number of rotatable bonds is 9. The Bertz CT molecular complexity index is 753. The third-order valence-corrected chi connectivity index (χ3v) is 6.33. The first-order chi connectivity index (χ1) is 14.4. The molecule has 1 saturated heterocycles. The zero-order chi connectivity index (χ0) is 21.7. The molecule has 1 heterocycles. The van der Waals surface area contributed by atoms with Gasteiger partial charge < -0.3 is 14.7 Å². The van der Waals surface area contributed by atoms with Crippen molar-refractivity contribution in [1.29, 1.82) is 0 Å². The number of carboxylic acid groups (broad SMARTS) is 1. The van der Waals surface area contributed by atoms with Gasteiger partial charge in [-0.3, -0.25) is 14.9 Å². The Kier molecular flexibility index (Phi) is 7.48. The summed E-state index contributed by atoms with van der Waals surface area (Å²) in [6.45, 7) is 3.72. The van der Waals surface area contributed by atoms with E-state index in [0.29, 0.717) is 19.3 Å². The van der Waals surface area contributed by atoms with Crippen molar-refractivity contribution in [3.8, 4) is 0 Å². The van der Waals surface area contributed by atoms with Crippen molar-refractivity contribution in [2.45, 2.75) is 76.5 Å². The molecule has 1 aromatic rings. The van der Waals surface area contributed by atoms with Crippen LogP contribution >= 0.6 is 0 Å². The quantitative estimate of drug-likeness (QED) is 0.600. The molecule has 164 valence electrons. The molecule has 2 N–H and O–H groups in total. The van der Waals surface area contributed by atoms with E-state index in [4.69, 9.17) is 4.74 Å². The van der Waals surface area contributed by atoms with Crippen LogP contribution in [-0.4, -0.2) is 58.6 Å². The van der Waals surface area contributed by atoms with Gasteiger partial charge in [-0.25, -0.2) is 4.79 Å². The van der Waals surface area contributed by atoms with Gasteiger partial charge in [0.25, 0.3) is 0 Å². The van der Waals surface area contributed by atoms with Crippen LogP contribution in [0.5, 0.6) is 0 Å². The summed E-state index contributed by atoms with van der Waals surface area (Å²) in [7, 11) is 0. The number of ether oxygens (including phenoxy) is 1. The van der Waals surface area contributed by atoms with Gasteiger partial charge in [-0.2, -0.15) is 0 Å². The molecule has 0 radical (unpaired) electrons. The van der Waals surface area contributed by atoms with E-state index >= 15 is 0 Å². The van der Waals surface area contributed by atoms with Crippen LogP contribution in [0.1, 0.15) is 51.5 Å². The molecular weight excluding hydrogens is 384 g/mol. The molecule has 30 heavy (non-hydrogen) atoms. The summed E-state index contributed by atoms with van der Waals surface area (Å²) in [5.41, 5.74) is 1.10. The minimum absolute atomic E-state index is 0.00629. The molecule has 2 fully saturated rings. The highest BCUT2D eigenvalue weighted by Gasteiger charge is 2.49. The van der Waals surface area contributed by atoms with Gasteiger partial charge in [-0.1, -0.05) is 36.8 Å². The second-order valence-corrected chi connectivity index (χ2v) is 8.31. The van der Waals surface area contributed by atoms with Crippen LogP contribution in [-0.2, 0) is 25.5 Å². The van der Waals surface area contributed by atoms with Gasteiger partial charge in [0.1, 0.15) is 12.1 Å². The third-order valence-electron chi connectivity index (χ3n) is 6.33. The topological polar surface area (TPSA) is 95.9 Å². The van der Waals surface area contributed by atoms with Crippen molar-refractivity contribution in [3.05, 3.63) is 35.9 Å². The van der Waals surface area contributed by atoms with E-state index in [1.165, 1.54) is 0 Å². The Morgan fingerprint density at radius 2 is 1.97 bits per heavy atom. The van der Waals surface area contributed by atoms with E-state index in [1.807, 2.05) is 30.3 Å². The number of likely N-dealkylation sites (tertiary alicyclic amines) is 1. The molecule has 0 spiro atoms. The Labute approximate surface area is 177 Å². The van der Waals surface area contributed by atoms with Crippen LogP contribution in [0.2, 0.25) is 0 Å². The molecule has 0 bridgehead atoms. The lowest BCUT2D eigenvalue weighted by Crippen LogP contribution is -2.55. The van der Waals surface area contributed by atoms with Crippen LogP contribution in [0, 0.1) is 5.92 Å². The average Bonchev–Trinajstić information content (AvgIpc) is 3.32. The normalized spacial score (nSPS) is 24.9. The Hall–Kier alpha value is -2.41. The number of aryl methyl sites for hydroxylation is 1. The summed E-state index contributed by atoms with van der Waals surface area (Å²) >= 11 is 0. The van der Waals surface area contributed by atoms with Crippen LogP contribution < -0.4 is 5.32 Å². The van der Waals surface area contributed by atoms with Crippen molar-refractivity contribution in [3.63, 3.8) is 0 Å². The highest BCUT2D eigenvalue weighted by atomic mass is 16.5. The van der Waals surface area contributed by atoms with Gasteiger partial charge in [-0.15, -0.1) is 0 Å². The number of carbonyl (C=O) groups excluding carboxylic acids is 2. The van der Waals surface area contributed by atoms with Gasteiger partial charge in [0.05, 0.1) is 12.6 Å². The minimum Gasteiger partial charge on any atom is -0.480 e. The lowest BCUT2D eigenvalue weighted by molar-refractivity contribution is -0.151. The van der Waals surface area contributed by atoms with Gasteiger partial charge in [0, 0.05) is 6.04 Å². The van der Waals surface area contributed by atoms with E-state index in [2.05, 4.69) is 5.32 Å². The number of hydrogen-bond acceptors (Lipinski definition) is 5. The number of aliphatic carboxylic acids is 1. The van der Waals surface area contributed by atoms with E-state index in [1.54, 1.807) is 18.7 Å². The number of esters is 1. The minimum atomic E-state index is -0.948. The number of carbonyl (C=O) groups is 3. The maximum absolute atomic E-state index is 13.2. The zero-order valence-electron chi connectivity index (χ0n) is 17.8. The molecule has 2 aliphatic rings. The van der Waals surface area contributed by atoms with Crippen molar-refractivity contribution in [2.75, 3.05) is 6.61 Å². The number of fused-ring (bicyclic) bond motifs is 1. The molecule has 1 aromatic carbocycles. The largest absolute Gasteiger partial charge is 0.480 e. The summed E-state index contributed by atoms with van der Waals surface area (Å²) in [6.07, 6.45) is 4.54. The molecule has 7 nitrogen and oxygen atoms in total. The predicted octanol–water partition coefficient (Wildman–Crippen LogP) is 2.38. The maximum atomic E-state index is 13.2. The fourth-order valence-electron chi connectivity index (χ4n) is 4.89. The molecule has 3 rings (SSSR count). The maximum Gasteiger partial charge on any atom is 0.326 e. The summed E-state index contributed by atoms with van der Waals surface area (Å²) < 4.78 is 5.21. The number of benzene rings is 1. The first-order valence-corrected chi connectivity index (χ1v) is 10.9. The lowest BCUT2D eigenvalue weighted by Gasteiger charge is -2.31. The number of carboxylic acids is 1. The van der Waals surface area contributed by atoms with Crippen LogP contribution in [0.15, 0.2) is 30.3 Å². The molecular formula is C23H32N2O5. The second-order valence-electron chi connectivity index (χ2n) is 8.31. The lowest BCUT2D eigenvalue weighted by atomic mass is 10.0. The van der Waals surface area contributed by atoms with Crippen molar-refractivity contribution < 1.29 is 24.2 Å². The number of nitrogens with one attached hydrogen (secondary N) is 1. The number of nitrogens with zero attached hydrogens (tertiary/aromatic N) is 1. The van der Waals surface area contributed by atoms with Gasteiger partial charge in [0.15, 0.2) is 0 Å². The number of amides is 1. The number of hydrogen-bond donors (Lipinski definition) is 2. The monoisotopic (exact) mass is 416 g/mol. The molecule has 0 unspecified atom stereocenters. The standard InChI is InChI=1S/C23H32N2O5/c1-3-30-23(29)18(13-12-16-8-5-4-6-9-16)24-15(2)21(26)25-19-11-7-10-17(19)14-20(25)22(27)28/h4-6,8-9,15,17-20,24H,3,7,10-14H2,1-2H3,(H,27,28)/t15-,17-,18+,19+,20+/m1/s1. The molecule has 7 heteroatoms. The van der Waals surface area contributed by atoms with Crippen LogP contribution in [0.4, 0.5) is 0 Å². The molecule has 1 aliphatic heterocycles. The third kappa shape index (κ3) is 5.01. The average molecular weight is 417 g/mol. The van der Waals surface area contributed by atoms with E-state index in [0.717, 1.165) is 24.8 Å². The van der Waals surface area contributed by atoms with E-state index in [-0.39, 0.29) is 30.4 Å². The van der Waals surface area contributed by atoms with Gasteiger partial charge in [0.2, 0.25) is 5.91 Å². The highest BCUT2D eigenvalue weighted by Crippen LogP contribution is 2.41.